The van der Waals surface area contributed by atoms with Gasteiger partial charge in [0.2, 0.25) is 5.91 Å². The number of carbonyl (C=O) groups is 1. The van der Waals surface area contributed by atoms with E-state index in [1.807, 2.05) is 6.07 Å². The van der Waals surface area contributed by atoms with Crippen LogP contribution in [0.15, 0.2) is 42.5 Å². The highest BCUT2D eigenvalue weighted by Crippen LogP contribution is 2.33. The molecule has 0 bridgehead atoms. The predicted octanol–water partition coefficient (Wildman–Crippen LogP) is 3.83. The average molecular weight is 363 g/mol. The molecule has 0 saturated heterocycles. The van der Waals surface area contributed by atoms with Crippen molar-refractivity contribution in [3.05, 3.63) is 70.5 Å². The number of benzene rings is 2. The number of rotatable bonds is 5. The Morgan fingerprint density at radius 1 is 1.24 bits per heavy atom. The summed E-state index contributed by atoms with van der Waals surface area (Å²) in [5, 5.41) is 2.85. The Balaban J connectivity index is 0.00000225. The van der Waals surface area contributed by atoms with Crippen molar-refractivity contribution in [3.63, 3.8) is 0 Å². The van der Waals surface area contributed by atoms with E-state index < -0.39 is 0 Å². The van der Waals surface area contributed by atoms with Crippen molar-refractivity contribution in [3.8, 4) is 0 Å². The van der Waals surface area contributed by atoms with Crippen molar-refractivity contribution >= 4 is 18.3 Å². The van der Waals surface area contributed by atoms with Crippen LogP contribution in [0.1, 0.15) is 47.4 Å². The van der Waals surface area contributed by atoms with Gasteiger partial charge in [-0.2, -0.15) is 0 Å². The van der Waals surface area contributed by atoms with Gasteiger partial charge < -0.3 is 11.1 Å². The third-order valence-electron chi connectivity index (χ3n) is 4.75. The number of hydrogen-bond acceptors (Lipinski definition) is 2. The Morgan fingerprint density at radius 2 is 2.04 bits per heavy atom. The minimum absolute atomic E-state index is 0. The summed E-state index contributed by atoms with van der Waals surface area (Å²) < 4.78 is 13.9. The van der Waals surface area contributed by atoms with Crippen LogP contribution in [-0.2, 0) is 24.3 Å². The van der Waals surface area contributed by atoms with Crippen LogP contribution < -0.4 is 11.1 Å². The molecule has 1 amide bonds. The van der Waals surface area contributed by atoms with Gasteiger partial charge in [-0.1, -0.05) is 36.4 Å². The third-order valence-corrected chi connectivity index (χ3v) is 4.75. The largest absolute Gasteiger partial charge is 0.352 e. The molecule has 0 spiro atoms. The van der Waals surface area contributed by atoms with Crippen molar-refractivity contribution < 1.29 is 9.18 Å². The number of aryl methyl sites for hydroxylation is 1. The number of carbonyl (C=O) groups excluding carboxylic acids is 1. The molecular formula is C20H24ClFN2O. The second-order valence-electron chi connectivity index (χ2n) is 6.40. The molecular weight excluding hydrogens is 339 g/mol. The smallest absolute Gasteiger partial charge is 0.220 e. The first kappa shape index (κ1) is 19.4. The lowest BCUT2D eigenvalue weighted by molar-refractivity contribution is -0.121. The van der Waals surface area contributed by atoms with E-state index in [1.165, 1.54) is 17.2 Å². The van der Waals surface area contributed by atoms with Crippen LogP contribution in [0.3, 0.4) is 0 Å². The van der Waals surface area contributed by atoms with E-state index in [4.69, 9.17) is 5.73 Å². The first-order valence-corrected chi connectivity index (χ1v) is 8.49. The predicted molar refractivity (Wildman–Crippen MR) is 100 cm³/mol. The Kier molecular flexibility index (Phi) is 6.97. The van der Waals surface area contributed by atoms with Crippen LogP contribution in [-0.4, -0.2) is 5.91 Å². The lowest BCUT2D eigenvalue weighted by Gasteiger charge is -2.25. The maximum Gasteiger partial charge on any atom is 0.220 e. The molecule has 0 saturated carbocycles. The number of nitrogens with two attached hydrogens (primary N) is 1. The average Bonchev–Trinajstić information content (AvgIpc) is 2.61. The summed E-state index contributed by atoms with van der Waals surface area (Å²) in [5.74, 6) is -0.0836. The molecule has 0 heterocycles. The molecule has 0 aromatic heterocycles. The summed E-state index contributed by atoms with van der Waals surface area (Å²) in [4.78, 5) is 12.3. The molecule has 3 N–H and O–H groups in total. The topological polar surface area (TPSA) is 55.1 Å². The number of nitrogens with one attached hydrogen (secondary N) is 1. The molecule has 0 fully saturated rings. The summed E-state index contributed by atoms with van der Waals surface area (Å²) in [7, 11) is 0. The maximum atomic E-state index is 13.9. The van der Waals surface area contributed by atoms with Gasteiger partial charge in [0.05, 0.1) is 0 Å². The highest BCUT2D eigenvalue weighted by atomic mass is 35.5. The molecule has 0 aliphatic heterocycles. The summed E-state index contributed by atoms with van der Waals surface area (Å²) in [5.41, 5.74) is 9.38. The highest BCUT2D eigenvalue weighted by molar-refractivity contribution is 5.85. The summed E-state index contributed by atoms with van der Waals surface area (Å²) in [6.45, 7) is 0.522. The zero-order valence-corrected chi connectivity index (χ0v) is 14.9. The van der Waals surface area contributed by atoms with Gasteiger partial charge in [-0.05, 0) is 47.9 Å². The lowest BCUT2D eigenvalue weighted by atomic mass is 9.81. The quantitative estimate of drug-likeness (QED) is 0.849. The first-order valence-electron chi connectivity index (χ1n) is 8.49. The van der Waals surface area contributed by atoms with Gasteiger partial charge in [0.15, 0.2) is 0 Å². The van der Waals surface area contributed by atoms with Crippen LogP contribution >= 0.6 is 12.4 Å². The second kappa shape index (κ2) is 8.97. The van der Waals surface area contributed by atoms with Gasteiger partial charge in [0.25, 0.3) is 0 Å². The first-order chi connectivity index (χ1) is 11.7. The Bertz CT molecular complexity index is 735. The fourth-order valence-corrected chi connectivity index (χ4v) is 3.42. The minimum atomic E-state index is -0.318. The molecule has 5 heteroatoms. The molecule has 3 nitrogen and oxygen atoms in total. The highest BCUT2D eigenvalue weighted by Gasteiger charge is 2.22. The molecule has 2 aromatic carbocycles. The van der Waals surface area contributed by atoms with Crippen molar-refractivity contribution in [1.82, 2.24) is 5.32 Å². The van der Waals surface area contributed by atoms with E-state index in [-0.39, 0.29) is 36.6 Å². The van der Waals surface area contributed by atoms with Crippen molar-refractivity contribution in [2.75, 3.05) is 0 Å². The van der Waals surface area contributed by atoms with E-state index in [0.717, 1.165) is 24.8 Å². The molecule has 1 aliphatic rings. The molecule has 1 atom stereocenters. The monoisotopic (exact) mass is 362 g/mol. The van der Waals surface area contributed by atoms with Crippen LogP contribution in [0.2, 0.25) is 0 Å². The fourth-order valence-electron chi connectivity index (χ4n) is 3.42. The summed E-state index contributed by atoms with van der Waals surface area (Å²) in [6, 6.07) is 13.3. The molecule has 25 heavy (non-hydrogen) atoms. The number of hydrogen-bond donors (Lipinski definition) is 2. The normalized spacial score (nSPS) is 15.8. The molecule has 134 valence electrons. The van der Waals surface area contributed by atoms with E-state index in [1.54, 1.807) is 12.1 Å². The molecule has 1 aliphatic carbocycles. The van der Waals surface area contributed by atoms with Gasteiger partial charge in [0.1, 0.15) is 5.82 Å². The van der Waals surface area contributed by atoms with Crippen LogP contribution in [0.25, 0.3) is 0 Å². The van der Waals surface area contributed by atoms with Gasteiger partial charge in [-0.3, -0.25) is 4.79 Å². The SMILES string of the molecule is Cl.NCc1ccc(CNC(=O)C[C@H]2CCCc3ccccc32)c(F)c1. The minimum Gasteiger partial charge on any atom is -0.352 e. The maximum absolute atomic E-state index is 13.9. The second-order valence-corrected chi connectivity index (χ2v) is 6.40. The van der Waals surface area contributed by atoms with E-state index >= 15 is 0 Å². The third kappa shape index (κ3) is 4.80. The Labute approximate surface area is 154 Å². The van der Waals surface area contributed by atoms with Gasteiger partial charge in [-0.25, -0.2) is 4.39 Å². The van der Waals surface area contributed by atoms with Gasteiger partial charge >= 0.3 is 0 Å². The summed E-state index contributed by atoms with van der Waals surface area (Å²) >= 11 is 0. The van der Waals surface area contributed by atoms with E-state index in [0.29, 0.717) is 18.5 Å². The Hall–Kier alpha value is -1.91. The van der Waals surface area contributed by atoms with Gasteiger partial charge in [-0.15, -0.1) is 12.4 Å². The zero-order valence-electron chi connectivity index (χ0n) is 14.1. The molecule has 2 aromatic rings. The van der Waals surface area contributed by atoms with Crippen molar-refractivity contribution in [1.29, 1.82) is 0 Å². The number of fused-ring (bicyclic) bond motifs is 1. The number of amides is 1. The van der Waals surface area contributed by atoms with E-state index in [9.17, 15) is 9.18 Å². The fraction of sp³-hybridized carbons (Fsp3) is 0.350. The number of halogens is 2. The van der Waals surface area contributed by atoms with E-state index in [2.05, 4.69) is 23.5 Å². The van der Waals surface area contributed by atoms with Gasteiger partial charge in [0, 0.05) is 25.1 Å². The summed E-state index contributed by atoms with van der Waals surface area (Å²) in [6.07, 6.45) is 3.70. The van der Waals surface area contributed by atoms with Crippen LogP contribution in [0.4, 0.5) is 4.39 Å². The van der Waals surface area contributed by atoms with Crippen molar-refractivity contribution in [2.24, 2.45) is 5.73 Å². The zero-order chi connectivity index (χ0) is 16.9. The molecule has 0 radical (unpaired) electrons. The van der Waals surface area contributed by atoms with Crippen LogP contribution in [0.5, 0.6) is 0 Å². The lowest BCUT2D eigenvalue weighted by Crippen LogP contribution is -2.26. The van der Waals surface area contributed by atoms with Crippen molar-refractivity contribution in [2.45, 2.75) is 44.7 Å². The van der Waals surface area contributed by atoms with Crippen LogP contribution in [0, 0.1) is 5.82 Å². The molecule has 3 rings (SSSR count). The standard InChI is InChI=1S/C20H23FN2O.ClH/c21-19-10-14(12-22)8-9-17(19)13-23-20(24)11-16-6-3-5-15-4-1-2-7-18(15)16;/h1-2,4,7-10,16H,3,5-6,11-13,22H2,(H,23,24);1H/t16-;/m1./s1. The Morgan fingerprint density at radius 3 is 2.80 bits per heavy atom. The molecule has 0 unspecified atom stereocenters.